The molecule has 2 amide bonds. The first-order chi connectivity index (χ1) is 21.8. The van der Waals surface area contributed by atoms with Crippen molar-refractivity contribution >= 4 is 35.2 Å². The number of nitriles is 1. The molecule has 0 radical (unpaired) electrons. The molecule has 2 aromatic rings. The zero-order chi connectivity index (χ0) is 33.6. The van der Waals surface area contributed by atoms with E-state index in [0.717, 1.165) is 10.5 Å². The molecule has 11 heteroatoms. The normalized spacial score (nSPS) is 16.0. The van der Waals surface area contributed by atoms with E-state index in [-0.39, 0.29) is 37.7 Å². The smallest absolute Gasteiger partial charge is 0.306 e. The Bertz CT molecular complexity index is 1620. The number of carbonyl (C=O) groups excluding carboxylic acids is 3. The third-order valence-corrected chi connectivity index (χ3v) is 8.65. The number of fused-ring (bicyclic) bond motifs is 1. The van der Waals surface area contributed by atoms with Crippen LogP contribution in [-0.2, 0) is 20.9 Å². The van der Waals surface area contributed by atoms with E-state index < -0.39 is 23.5 Å². The van der Waals surface area contributed by atoms with Crippen molar-refractivity contribution in [2.24, 2.45) is 5.73 Å². The lowest BCUT2D eigenvalue weighted by Gasteiger charge is -2.40. The van der Waals surface area contributed by atoms with Gasteiger partial charge in [0, 0.05) is 35.9 Å². The zero-order valence-electron chi connectivity index (χ0n) is 26.5. The Hall–Kier alpha value is -4.56. The summed E-state index contributed by atoms with van der Waals surface area (Å²) in [6.45, 7) is 12.9. The number of allylic oxidation sites excluding steroid dienone is 3. The van der Waals surface area contributed by atoms with Crippen LogP contribution < -0.4 is 15.4 Å². The molecule has 0 aliphatic carbocycles. The van der Waals surface area contributed by atoms with Gasteiger partial charge in [-0.05, 0) is 74.9 Å². The maximum absolute atomic E-state index is 14.3. The minimum atomic E-state index is -0.972. The summed E-state index contributed by atoms with van der Waals surface area (Å²) >= 11 is 1.71. The van der Waals surface area contributed by atoms with Crippen LogP contribution in [0.5, 0.6) is 5.75 Å². The maximum atomic E-state index is 14.3. The quantitative estimate of drug-likeness (QED) is 0.219. The number of amides is 2. The molecule has 2 aliphatic rings. The lowest BCUT2D eigenvalue weighted by atomic mass is 10.1. The summed E-state index contributed by atoms with van der Waals surface area (Å²) in [6.07, 6.45) is 5.61. The average Bonchev–Trinajstić information content (AvgIpc) is 3.30. The number of primary amides is 1. The molecule has 2 heterocycles. The number of benzene rings is 2. The van der Waals surface area contributed by atoms with Gasteiger partial charge in [-0.3, -0.25) is 14.4 Å². The molecular weight excluding hydrogens is 607 g/mol. The molecule has 46 heavy (non-hydrogen) atoms. The van der Waals surface area contributed by atoms with E-state index in [0.29, 0.717) is 46.5 Å². The van der Waals surface area contributed by atoms with Crippen LogP contribution in [0.25, 0.3) is 0 Å². The number of hydrogen-bond donors (Lipinski definition) is 1. The molecule has 0 saturated carbocycles. The van der Waals surface area contributed by atoms with E-state index >= 15 is 0 Å². The highest BCUT2D eigenvalue weighted by molar-refractivity contribution is 8.03. The first kappa shape index (κ1) is 34.3. The molecule has 0 aromatic heterocycles. The summed E-state index contributed by atoms with van der Waals surface area (Å²) in [4.78, 5) is 42.3. The number of nitrogens with two attached hydrogens (primary N) is 1. The number of carbonyl (C=O) groups is 3. The van der Waals surface area contributed by atoms with E-state index in [1.165, 1.54) is 11.0 Å². The number of halogens is 1. The highest BCUT2D eigenvalue weighted by Gasteiger charge is 2.37. The van der Waals surface area contributed by atoms with Gasteiger partial charge in [-0.25, -0.2) is 4.39 Å². The van der Waals surface area contributed by atoms with Crippen molar-refractivity contribution in [1.29, 1.82) is 5.26 Å². The van der Waals surface area contributed by atoms with Gasteiger partial charge >= 0.3 is 5.97 Å². The Morgan fingerprint density at radius 2 is 1.98 bits per heavy atom. The van der Waals surface area contributed by atoms with Gasteiger partial charge in [0.1, 0.15) is 29.8 Å². The number of ether oxygens (including phenoxy) is 2. The Balaban J connectivity index is 1.34. The SMILES string of the molecule is C=C/C(=C\C=C(/C)SC1CN(c2ccc(C#N)cc2F)C1)COc1cccc2c1CN([C@@H](CCC(=O)OC(C)(C)C)C(N)=O)C2=O. The largest absolute Gasteiger partial charge is 0.489 e. The standard InChI is InChI=1S/C35H39FN4O5S/c1-6-23(11-10-22(2)46-25-18-39(19-25)29-13-12-24(17-37)16-28(29)36)21-44-31-9-7-8-26-27(31)20-40(34(26)43)30(33(38)42)14-15-32(41)45-35(3,4)5/h6-13,16,25,30H,1,14-15,18-21H2,2-5H3,(H2,38,42)/b22-10+,23-11+/t30-/m0/s1. The third kappa shape index (κ3) is 8.57. The van der Waals surface area contributed by atoms with Crippen LogP contribution >= 0.6 is 11.8 Å². The maximum Gasteiger partial charge on any atom is 0.306 e. The molecule has 0 spiro atoms. The summed E-state index contributed by atoms with van der Waals surface area (Å²) in [7, 11) is 0. The first-order valence-electron chi connectivity index (χ1n) is 15.0. The summed E-state index contributed by atoms with van der Waals surface area (Å²) in [5.74, 6) is -1.39. The van der Waals surface area contributed by atoms with E-state index in [1.54, 1.807) is 68.9 Å². The molecule has 1 saturated heterocycles. The van der Waals surface area contributed by atoms with Crippen LogP contribution in [0.1, 0.15) is 62.0 Å². The predicted molar refractivity (Wildman–Crippen MR) is 177 cm³/mol. The topological polar surface area (TPSA) is 126 Å². The molecule has 2 aromatic carbocycles. The lowest BCUT2D eigenvalue weighted by Crippen LogP contribution is -2.49. The molecule has 2 N–H and O–H groups in total. The molecule has 0 bridgehead atoms. The zero-order valence-corrected chi connectivity index (χ0v) is 27.4. The van der Waals surface area contributed by atoms with Crippen molar-refractivity contribution in [2.75, 3.05) is 24.6 Å². The second-order valence-corrected chi connectivity index (χ2v) is 13.7. The minimum Gasteiger partial charge on any atom is -0.489 e. The molecule has 2 aliphatic heterocycles. The second kappa shape index (κ2) is 14.7. The van der Waals surface area contributed by atoms with Gasteiger partial charge in [0.25, 0.3) is 5.91 Å². The number of nitrogens with zero attached hydrogens (tertiary/aromatic N) is 3. The summed E-state index contributed by atoms with van der Waals surface area (Å²) < 4.78 is 25.8. The van der Waals surface area contributed by atoms with Gasteiger partial charge in [-0.15, -0.1) is 11.8 Å². The third-order valence-electron chi connectivity index (χ3n) is 7.51. The molecule has 1 fully saturated rings. The van der Waals surface area contributed by atoms with Crippen molar-refractivity contribution in [3.63, 3.8) is 0 Å². The van der Waals surface area contributed by atoms with Crippen molar-refractivity contribution in [1.82, 2.24) is 4.90 Å². The second-order valence-electron chi connectivity index (χ2n) is 12.2. The Labute approximate surface area is 273 Å². The average molecular weight is 647 g/mol. The van der Waals surface area contributed by atoms with E-state index in [9.17, 15) is 18.8 Å². The summed E-state index contributed by atoms with van der Waals surface area (Å²) in [6, 6.07) is 10.7. The van der Waals surface area contributed by atoms with Crippen molar-refractivity contribution in [3.8, 4) is 11.8 Å². The summed E-state index contributed by atoms with van der Waals surface area (Å²) in [5.41, 5.74) is 7.70. The fourth-order valence-corrected chi connectivity index (χ4v) is 6.40. The van der Waals surface area contributed by atoms with Crippen LogP contribution in [0.4, 0.5) is 10.1 Å². The van der Waals surface area contributed by atoms with E-state index in [2.05, 4.69) is 6.58 Å². The predicted octanol–water partition coefficient (Wildman–Crippen LogP) is 5.65. The minimum absolute atomic E-state index is 0.0538. The fourth-order valence-electron chi connectivity index (χ4n) is 5.22. The van der Waals surface area contributed by atoms with Crippen molar-refractivity contribution < 1.29 is 28.2 Å². The van der Waals surface area contributed by atoms with Crippen molar-refractivity contribution in [2.45, 2.75) is 64.0 Å². The lowest BCUT2D eigenvalue weighted by molar-refractivity contribution is -0.155. The van der Waals surface area contributed by atoms with Crippen LogP contribution in [0, 0.1) is 17.1 Å². The highest BCUT2D eigenvalue weighted by Crippen LogP contribution is 2.35. The number of esters is 1. The number of thioether (sulfide) groups is 1. The highest BCUT2D eigenvalue weighted by atomic mass is 32.2. The Morgan fingerprint density at radius 3 is 2.61 bits per heavy atom. The van der Waals surface area contributed by atoms with Crippen LogP contribution in [0.2, 0.25) is 0 Å². The van der Waals surface area contributed by atoms with Crippen LogP contribution in [0.3, 0.4) is 0 Å². The Morgan fingerprint density at radius 1 is 1.24 bits per heavy atom. The fraction of sp³-hybridized carbons (Fsp3) is 0.371. The molecular formula is C35H39FN4O5S. The number of hydrogen-bond acceptors (Lipinski definition) is 8. The molecule has 9 nitrogen and oxygen atoms in total. The molecule has 242 valence electrons. The number of rotatable bonds is 13. The van der Waals surface area contributed by atoms with Crippen LogP contribution in [-0.4, -0.2) is 59.3 Å². The number of anilines is 1. The van der Waals surface area contributed by atoms with Crippen LogP contribution in [0.15, 0.2) is 71.7 Å². The van der Waals surface area contributed by atoms with Gasteiger partial charge in [-0.2, -0.15) is 5.26 Å². The molecule has 4 rings (SSSR count). The van der Waals surface area contributed by atoms with E-state index in [1.807, 2.05) is 30.0 Å². The first-order valence-corrected chi connectivity index (χ1v) is 15.9. The van der Waals surface area contributed by atoms with Gasteiger partial charge < -0.3 is 25.0 Å². The Kier molecular flexibility index (Phi) is 11.0. The monoisotopic (exact) mass is 646 g/mol. The molecule has 0 unspecified atom stereocenters. The van der Waals surface area contributed by atoms with Gasteiger partial charge in [-0.1, -0.05) is 30.9 Å². The van der Waals surface area contributed by atoms with Gasteiger partial charge in [0.15, 0.2) is 0 Å². The van der Waals surface area contributed by atoms with Gasteiger partial charge in [0.05, 0.1) is 23.9 Å². The van der Waals surface area contributed by atoms with E-state index in [4.69, 9.17) is 20.5 Å². The molecule has 1 atom stereocenters. The van der Waals surface area contributed by atoms with Gasteiger partial charge in [0.2, 0.25) is 5.91 Å². The van der Waals surface area contributed by atoms with Crippen molar-refractivity contribution in [3.05, 3.63) is 94.2 Å². The summed E-state index contributed by atoms with van der Waals surface area (Å²) in [5, 5.41) is 9.26.